The highest BCUT2D eigenvalue weighted by atomic mass is 19.4. The number of benzene rings is 1. The summed E-state index contributed by atoms with van der Waals surface area (Å²) in [4.78, 5) is 12.9. The van der Waals surface area contributed by atoms with Crippen LogP contribution in [0.15, 0.2) is 24.3 Å². The fraction of sp³-hybridized carbons (Fsp3) is 0.526. The number of allylic oxidation sites excluding steroid dienone is 2. The maximum atomic E-state index is 12.9. The second-order valence-electron chi connectivity index (χ2n) is 7.05. The summed E-state index contributed by atoms with van der Waals surface area (Å²) in [5.41, 5.74) is 4.81. The molecule has 1 aromatic carbocycles. The molecule has 1 aliphatic heterocycles. The van der Waals surface area contributed by atoms with Gasteiger partial charge < -0.3 is 4.90 Å². The normalized spacial score (nSPS) is 26.1. The maximum absolute atomic E-state index is 12.9. The Labute approximate surface area is 139 Å². The number of nitrogens with zero attached hydrogens (tertiary/aromatic N) is 1. The molecule has 128 valence electrons. The van der Waals surface area contributed by atoms with Crippen LogP contribution in [-0.2, 0) is 11.2 Å². The molecule has 3 aliphatic rings. The highest BCUT2D eigenvalue weighted by Gasteiger charge is 2.49. The summed E-state index contributed by atoms with van der Waals surface area (Å²) in [5.74, 6) is -1.63. The largest absolute Gasteiger partial charge is 0.471 e. The summed E-state index contributed by atoms with van der Waals surface area (Å²) in [5, 5.41) is 0. The number of carbonyl (C=O) groups excluding carboxylic acids is 1. The summed E-state index contributed by atoms with van der Waals surface area (Å²) in [6.45, 7) is 0.214. The first-order valence-electron chi connectivity index (χ1n) is 8.65. The number of hydrogen-bond acceptors (Lipinski definition) is 1. The Morgan fingerprint density at radius 3 is 2.75 bits per heavy atom. The number of alkyl halides is 3. The van der Waals surface area contributed by atoms with E-state index in [1.807, 2.05) is 0 Å². The second-order valence-corrected chi connectivity index (χ2v) is 7.05. The van der Waals surface area contributed by atoms with E-state index in [1.165, 1.54) is 17.6 Å². The van der Waals surface area contributed by atoms with Crippen LogP contribution in [0.4, 0.5) is 13.2 Å². The molecule has 0 radical (unpaired) electrons. The second kappa shape index (κ2) is 5.64. The van der Waals surface area contributed by atoms with Crippen molar-refractivity contribution < 1.29 is 18.0 Å². The molecule has 2 unspecified atom stereocenters. The molecule has 0 N–H and O–H groups in total. The molecule has 5 heteroatoms. The van der Waals surface area contributed by atoms with Crippen molar-refractivity contribution in [1.29, 1.82) is 0 Å². The molecule has 0 aromatic heterocycles. The van der Waals surface area contributed by atoms with E-state index in [0.29, 0.717) is 12.8 Å². The Kier molecular flexibility index (Phi) is 3.70. The van der Waals surface area contributed by atoms with Crippen LogP contribution in [0.25, 0.3) is 5.57 Å². The minimum absolute atomic E-state index is 0.0435. The number of hydrogen-bond donors (Lipinski definition) is 0. The van der Waals surface area contributed by atoms with Gasteiger partial charge in [0.25, 0.3) is 0 Å². The SMILES string of the molecule is O=C(N1CCCC2c3cc(C4=CCCC4)ccc3CC21)C(F)(F)F. The van der Waals surface area contributed by atoms with Crippen LogP contribution in [0.1, 0.15) is 54.7 Å². The third-order valence-electron chi connectivity index (χ3n) is 5.67. The van der Waals surface area contributed by atoms with Crippen molar-refractivity contribution in [3.63, 3.8) is 0 Å². The quantitative estimate of drug-likeness (QED) is 0.743. The molecular weight excluding hydrogens is 315 g/mol. The number of halogens is 3. The first kappa shape index (κ1) is 15.7. The first-order chi connectivity index (χ1) is 11.4. The van der Waals surface area contributed by atoms with E-state index in [4.69, 9.17) is 0 Å². The zero-order chi connectivity index (χ0) is 16.9. The van der Waals surface area contributed by atoms with Crippen LogP contribution in [0.3, 0.4) is 0 Å². The molecule has 0 bridgehead atoms. The highest BCUT2D eigenvalue weighted by Crippen LogP contribution is 2.44. The summed E-state index contributed by atoms with van der Waals surface area (Å²) >= 11 is 0. The Morgan fingerprint density at radius 2 is 2.04 bits per heavy atom. The van der Waals surface area contributed by atoms with Crippen LogP contribution in [0.2, 0.25) is 0 Å². The fourth-order valence-corrected chi connectivity index (χ4v) is 4.57. The van der Waals surface area contributed by atoms with E-state index < -0.39 is 12.1 Å². The fourth-order valence-electron chi connectivity index (χ4n) is 4.57. The van der Waals surface area contributed by atoms with Crippen molar-refractivity contribution in [3.05, 3.63) is 41.0 Å². The molecule has 2 atom stereocenters. The van der Waals surface area contributed by atoms with Gasteiger partial charge in [0.15, 0.2) is 0 Å². The van der Waals surface area contributed by atoms with Crippen molar-refractivity contribution in [1.82, 2.24) is 4.90 Å². The van der Waals surface area contributed by atoms with E-state index in [1.54, 1.807) is 0 Å². The number of fused-ring (bicyclic) bond motifs is 3. The number of carbonyl (C=O) groups is 1. The highest BCUT2D eigenvalue weighted by molar-refractivity contribution is 5.82. The predicted octanol–water partition coefficient (Wildman–Crippen LogP) is 4.45. The minimum Gasteiger partial charge on any atom is -0.331 e. The standard InChI is InChI=1S/C19H20F3NO/c20-19(21,22)18(24)23-9-3-6-15-16-10-13(12-4-1-2-5-12)7-8-14(16)11-17(15)23/h4,7-8,10,15,17H,1-3,5-6,9,11H2. The zero-order valence-corrected chi connectivity index (χ0v) is 13.4. The molecule has 1 heterocycles. The number of amides is 1. The van der Waals surface area contributed by atoms with Crippen molar-refractivity contribution in [2.24, 2.45) is 0 Å². The monoisotopic (exact) mass is 335 g/mol. The lowest BCUT2D eigenvalue weighted by atomic mass is 9.87. The first-order valence-corrected chi connectivity index (χ1v) is 8.65. The molecule has 0 spiro atoms. The van der Waals surface area contributed by atoms with Gasteiger partial charge in [0.05, 0.1) is 0 Å². The van der Waals surface area contributed by atoms with E-state index in [-0.39, 0.29) is 18.5 Å². The Balaban J connectivity index is 1.64. The smallest absolute Gasteiger partial charge is 0.331 e. The third-order valence-corrected chi connectivity index (χ3v) is 5.67. The molecule has 1 saturated heterocycles. The van der Waals surface area contributed by atoms with E-state index in [0.717, 1.165) is 35.3 Å². The molecule has 24 heavy (non-hydrogen) atoms. The van der Waals surface area contributed by atoms with Gasteiger partial charge in [-0.15, -0.1) is 0 Å². The topological polar surface area (TPSA) is 20.3 Å². The van der Waals surface area contributed by atoms with E-state index in [9.17, 15) is 18.0 Å². The van der Waals surface area contributed by atoms with Gasteiger partial charge in [0, 0.05) is 18.5 Å². The lowest BCUT2D eigenvalue weighted by molar-refractivity contribution is -0.189. The van der Waals surface area contributed by atoms with Gasteiger partial charge in [-0.05, 0) is 60.8 Å². The Hall–Kier alpha value is -1.78. The third kappa shape index (κ3) is 2.54. The summed E-state index contributed by atoms with van der Waals surface area (Å²) < 4.78 is 38.7. The molecule has 1 fully saturated rings. The predicted molar refractivity (Wildman–Crippen MR) is 85.5 cm³/mol. The van der Waals surface area contributed by atoms with Crippen LogP contribution >= 0.6 is 0 Å². The van der Waals surface area contributed by atoms with Crippen LogP contribution < -0.4 is 0 Å². The number of piperidine rings is 1. The van der Waals surface area contributed by atoms with Gasteiger partial charge in [-0.25, -0.2) is 0 Å². The Bertz CT molecular complexity index is 707. The van der Waals surface area contributed by atoms with Crippen LogP contribution in [-0.4, -0.2) is 29.6 Å². The molecule has 2 aliphatic carbocycles. The zero-order valence-electron chi connectivity index (χ0n) is 13.4. The van der Waals surface area contributed by atoms with Gasteiger partial charge in [-0.2, -0.15) is 13.2 Å². The minimum atomic E-state index is -4.78. The average molecular weight is 335 g/mol. The lowest BCUT2D eigenvalue weighted by Crippen LogP contribution is -2.51. The van der Waals surface area contributed by atoms with E-state index in [2.05, 4.69) is 24.3 Å². The van der Waals surface area contributed by atoms with Gasteiger partial charge in [-0.1, -0.05) is 24.3 Å². The molecule has 2 nitrogen and oxygen atoms in total. The number of likely N-dealkylation sites (tertiary alicyclic amines) is 1. The average Bonchev–Trinajstić information content (AvgIpc) is 3.20. The van der Waals surface area contributed by atoms with Gasteiger partial charge in [-0.3, -0.25) is 4.79 Å². The van der Waals surface area contributed by atoms with Crippen molar-refractivity contribution >= 4 is 11.5 Å². The van der Waals surface area contributed by atoms with Crippen LogP contribution in [0, 0.1) is 0 Å². The molecule has 4 rings (SSSR count). The van der Waals surface area contributed by atoms with Crippen LogP contribution in [0.5, 0.6) is 0 Å². The van der Waals surface area contributed by atoms with Gasteiger partial charge >= 0.3 is 12.1 Å². The van der Waals surface area contributed by atoms with Crippen molar-refractivity contribution in [3.8, 4) is 0 Å². The molecule has 1 aromatic rings. The maximum Gasteiger partial charge on any atom is 0.471 e. The van der Waals surface area contributed by atoms with Crippen molar-refractivity contribution in [2.45, 2.75) is 56.7 Å². The number of rotatable bonds is 1. The summed E-state index contributed by atoms with van der Waals surface area (Å²) in [7, 11) is 0. The van der Waals surface area contributed by atoms with Gasteiger partial charge in [0.2, 0.25) is 0 Å². The Morgan fingerprint density at radius 1 is 1.21 bits per heavy atom. The molecule has 0 saturated carbocycles. The lowest BCUT2D eigenvalue weighted by Gasteiger charge is -2.38. The van der Waals surface area contributed by atoms with Crippen molar-refractivity contribution in [2.75, 3.05) is 6.54 Å². The molecular formula is C19H20F3NO. The molecule has 1 amide bonds. The summed E-state index contributed by atoms with van der Waals surface area (Å²) in [6, 6.07) is 5.97. The summed E-state index contributed by atoms with van der Waals surface area (Å²) in [6.07, 6.45) is 2.87. The van der Waals surface area contributed by atoms with Gasteiger partial charge in [0.1, 0.15) is 0 Å². The van der Waals surface area contributed by atoms with E-state index >= 15 is 0 Å².